The number of rotatable bonds is 5. The zero-order valence-corrected chi connectivity index (χ0v) is 30.7. The van der Waals surface area contributed by atoms with Crippen molar-refractivity contribution in [2.24, 2.45) is 0 Å². The first-order chi connectivity index (χ1) is 25.8. The molecule has 0 amide bonds. The van der Waals surface area contributed by atoms with Gasteiger partial charge in [0.1, 0.15) is 0 Å². The van der Waals surface area contributed by atoms with Gasteiger partial charge in [-0.05, 0) is 126 Å². The van der Waals surface area contributed by atoms with Gasteiger partial charge < -0.3 is 4.90 Å². The maximum Gasteiger partial charge on any atom is 0.0462 e. The molecule has 0 unspecified atom stereocenters. The summed E-state index contributed by atoms with van der Waals surface area (Å²) in [5.74, 6) is 0. The molecule has 0 saturated heterocycles. The lowest BCUT2D eigenvalue weighted by Gasteiger charge is -2.36. The Hall–Kier alpha value is -6.18. The van der Waals surface area contributed by atoms with Crippen LogP contribution in [0, 0.1) is 0 Å². The molecule has 0 radical (unpaired) electrons. The molecular weight excluding hydrogens is 639 g/mol. The lowest BCUT2D eigenvalue weighted by molar-refractivity contribution is 0.645. The van der Waals surface area contributed by atoms with Crippen molar-refractivity contribution in [3.63, 3.8) is 0 Å². The fraction of sp³-hybridized carbons (Fsp3) is 0.115. The SMILES string of the molecule is CC1(C)c2ccccc2-c2ccc(-c3ccc4c(c3)C(C)(C)c3cccc5ccc(-c6ccc(N(c7ccccc7)c7ccccc7)cc6)c-4c35)cc21. The van der Waals surface area contributed by atoms with E-state index in [9.17, 15) is 0 Å². The van der Waals surface area contributed by atoms with Gasteiger partial charge in [0.15, 0.2) is 0 Å². The lowest BCUT2D eigenvalue weighted by Crippen LogP contribution is -2.24. The van der Waals surface area contributed by atoms with E-state index in [-0.39, 0.29) is 10.8 Å². The molecule has 1 heteroatoms. The van der Waals surface area contributed by atoms with Crippen molar-refractivity contribution in [1.29, 1.82) is 0 Å². The normalized spacial score (nSPS) is 14.3. The van der Waals surface area contributed by atoms with Crippen LogP contribution in [0.25, 0.3) is 55.3 Å². The van der Waals surface area contributed by atoms with E-state index in [1.165, 1.54) is 77.5 Å². The number of fused-ring (bicyclic) bond motifs is 5. The summed E-state index contributed by atoms with van der Waals surface area (Å²) >= 11 is 0. The van der Waals surface area contributed by atoms with E-state index in [4.69, 9.17) is 0 Å². The summed E-state index contributed by atoms with van der Waals surface area (Å²) in [6.45, 7) is 9.53. The Labute approximate surface area is 312 Å². The Morgan fingerprint density at radius 1 is 0.340 bits per heavy atom. The summed E-state index contributed by atoms with van der Waals surface area (Å²) in [6, 6.07) is 65.1. The summed E-state index contributed by atoms with van der Waals surface area (Å²) in [5, 5.41) is 2.66. The zero-order valence-electron chi connectivity index (χ0n) is 30.7. The molecule has 8 aromatic carbocycles. The third-order valence-electron chi connectivity index (χ3n) is 12.1. The fourth-order valence-corrected chi connectivity index (χ4v) is 9.30. The Morgan fingerprint density at radius 2 is 0.830 bits per heavy atom. The summed E-state index contributed by atoms with van der Waals surface area (Å²) in [5.41, 5.74) is 19.2. The van der Waals surface area contributed by atoms with Gasteiger partial charge in [-0.15, -0.1) is 0 Å². The molecule has 0 aliphatic heterocycles. The highest BCUT2D eigenvalue weighted by atomic mass is 15.1. The van der Waals surface area contributed by atoms with E-state index in [0.29, 0.717) is 0 Å². The third-order valence-corrected chi connectivity index (χ3v) is 12.1. The average molecular weight is 680 g/mol. The minimum Gasteiger partial charge on any atom is -0.311 e. The number of anilines is 3. The number of para-hydroxylation sites is 2. The molecule has 1 nitrogen and oxygen atoms in total. The van der Waals surface area contributed by atoms with Gasteiger partial charge in [-0.1, -0.05) is 155 Å². The minimum absolute atomic E-state index is 0.0341. The lowest BCUT2D eigenvalue weighted by atomic mass is 9.67. The van der Waals surface area contributed by atoms with Crippen molar-refractivity contribution in [2.75, 3.05) is 4.90 Å². The predicted octanol–water partition coefficient (Wildman–Crippen LogP) is 14.3. The molecule has 0 atom stereocenters. The van der Waals surface area contributed by atoms with Crippen LogP contribution in [0.5, 0.6) is 0 Å². The molecule has 0 spiro atoms. The minimum atomic E-state index is -0.168. The Bertz CT molecular complexity index is 2660. The van der Waals surface area contributed by atoms with Gasteiger partial charge in [0, 0.05) is 27.9 Å². The Morgan fingerprint density at radius 3 is 1.51 bits per heavy atom. The fourth-order valence-electron chi connectivity index (χ4n) is 9.30. The van der Waals surface area contributed by atoms with Crippen LogP contribution in [0.1, 0.15) is 49.9 Å². The van der Waals surface area contributed by atoms with E-state index in [1.54, 1.807) is 0 Å². The second kappa shape index (κ2) is 11.7. The summed E-state index contributed by atoms with van der Waals surface area (Å²) in [6.07, 6.45) is 0. The smallest absolute Gasteiger partial charge is 0.0462 e. The summed E-state index contributed by atoms with van der Waals surface area (Å²) < 4.78 is 0. The van der Waals surface area contributed by atoms with Gasteiger partial charge >= 0.3 is 0 Å². The van der Waals surface area contributed by atoms with Gasteiger partial charge in [0.05, 0.1) is 0 Å². The first-order valence-corrected chi connectivity index (χ1v) is 18.8. The highest BCUT2D eigenvalue weighted by Gasteiger charge is 2.37. The van der Waals surface area contributed by atoms with E-state index in [2.05, 4.69) is 209 Å². The van der Waals surface area contributed by atoms with Crippen LogP contribution < -0.4 is 4.90 Å². The standard InChI is InChI=1S/C52H41N/c1-51(2)45-20-12-11-19-42(45)43-30-25-36(32-47(43)51)37-26-31-44-48(33-37)52(3,4)46-21-13-14-35-24-29-41(50(44)49(35)46)34-22-27-40(28-23-34)53(38-15-7-5-8-16-38)39-17-9-6-10-18-39/h5-33H,1-4H3. The van der Waals surface area contributed by atoms with Gasteiger partial charge in [-0.25, -0.2) is 0 Å². The van der Waals surface area contributed by atoms with Crippen LogP contribution in [0.2, 0.25) is 0 Å². The monoisotopic (exact) mass is 679 g/mol. The molecular formula is C52H41N. The molecule has 53 heavy (non-hydrogen) atoms. The first-order valence-electron chi connectivity index (χ1n) is 18.8. The second-order valence-electron chi connectivity index (χ2n) is 15.8. The second-order valence-corrected chi connectivity index (χ2v) is 15.8. The maximum atomic E-state index is 2.48. The quantitative estimate of drug-likeness (QED) is 0.175. The van der Waals surface area contributed by atoms with Crippen LogP contribution in [0.3, 0.4) is 0 Å². The van der Waals surface area contributed by atoms with Crippen molar-refractivity contribution in [3.05, 3.63) is 198 Å². The molecule has 0 aromatic heterocycles. The molecule has 0 saturated carbocycles. The largest absolute Gasteiger partial charge is 0.311 e. The summed E-state index contributed by atoms with van der Waals surface area (Å²) in [4.78, 5) is 2.32. The van der Waals surface area contributed by atoms with Crippen LogP contribution in [0.4, 0.5) is 17.1 Å². The molecule has 2 aliphatic carbocycles. The van der Waals surface area contributed by atoms with Crippen molar-refractivity contribution >= 4 is 27.8 Å². The highest BCUT2D eigenvalue weighted by molar-refractivity contribution is 6.09. The molecule has 0 fully saturated rings. The molecule has 8 aromatic rings. The predicted molar refractivity (Wildman–Crippen MR) is 225 cm³/mol. The molecule has 2 aliphatic rings. The maximum absolute atomic E-state index is 2.48. The van der Waals surface area contributed by atoms with Gasteiger partial charge in [-0.2, -0.15) is 0 Å². The molecule has 10 rings (SSSR count). The topological polar surface area (TPSA) is 3.24 Å². The Kier molecular flexibility index (Phi) is 6.94. The number of hydrogen-bond donors (Lipinski definition) is 0. The zero-order chi connectivity index (χ0) is 35.9. The number of benzene rings is 8. The van der Waals surface area contributed by atoms with E-state index >= 15 is 0 Å². The van der Waals surface area contributed by atoms with E-state index < -0.39 is 0 Å². The Balaban J connectivity index is 1.11. The van der Waals surface area contributed by atoms with Crippen LogP contribution >= 0.6 is 0 Å². The van der Waals surface area contributed by atoms with Crippen LogP contribution in [0.15, 0.2) is 176 Å². The third kappa shape index (κ3) is 4.77. The molecule has 0 bridgehead atoms. The van der Waals surface area contributed by atoms with Crippen LogP contribution in [-0.4, -0.2) is 0 Å². The van der Waals surface area contributed by atoms with Crippen LogP contribution in [-0.2, 0) is 10.8 Å². The van der Waals surface area contributed by atoms with Gasteiger partial charge in [0.2, 0.25) is 0 Å². The van der Waals surface area contributed by atoms with Gasteiger partial charge in [-0.3, -0.25) is 0 Å². The number of nitrogens with zero attached hydrogens (tertiary/aromatic N) is 1. The van der Waals surface area contributed by atoms with Gasteiger partial charge in [0.25, 0.3) is 0 Å². The van der Waals surface area contributed by atoms with Crippen molar-refractivity contribution in [1.82, 2.24) is 0 Å². The highest BCUT2D eigenvalue weighted by Crippen LogP contribution is 2.54. The summed E-state index contributed by atoms with van der Waals surface area (Å²) in [7, 11) is 0. The first kappa shape index (κ1) is 31.5. The van der Waals surface area contributed by atoms with Crippen molar-refractivity contribution < 1.29 is 0 Å². The van der Waals surface area contributed by atoms with E-state index in [0.717, 1.165) is 17.1 Å². The molecule has 0 N–H and O–H groups in total. The molecule has 0 heterocycles. The van der Waals surface area contributed by atoms with Crippen molar-refractivity contribution in [3.8, 4) is 44.5 Å². The van der Waals surface area contributed by atoms with Crippen molar-refractivity contribution in [2.45, 2.75) is 38.5 Å². The molecule has 254 valence electrons. The number of hydrogen-bond acceptors (Lipinski definition) is 1. The van der Waals surface area contributed by atoms with E-state index in [1.807, 2.05) is 0 Å². The average Bonchev–Trinajstić information content (AvgIpc) is 3.43.